The third-order valence-corrected chi connectivity index (χ3v) is 6.99. The molecule has 0 amide bonds. The van der Waals surface area contributed by atoms with E-state index in [-0.39, 0.29) is 12.4 Å². The molecule has 1 fully saturated rings. The average molecular weight is 598 g/mol. The Balaban J connectivity index is 0.999. The number of benzene rings is 2. The van der Waals surface area contributed by atoms with Gasteiger partial charge in [-0.3, -0.25) is 4.90 Å². The number of rotatable bonds is 14. The molecule has 0 saturated carbocycles. The molecule has 1 aliphatic rings. The van der Waals surface area contributed by atoms with E-state index in [1.54, 1.807) is 12.2 Å². The molecule has 43 heavy (non-hydrogen) atoms. The van der Waals surface area contributed by atoms with Gasteiger partial charge in [-0.25, -0.2) is 9.67 Å². The van der Waals surface area contributed by atoms with Crippen molar-refractivity contribution in [3.63, 3.8) is 0 Å². The number of hydrogen-bond acceptors (Lipinski definition) is 8. The fourth-order valence-electron chi connectivity index (χ4n) is 4.68. The molecule has 2 aromatic heterocycles. The van der Waals surface area contributed by atoms with Crippen LogP contribution in [0.15, 0.2) is 65.4 Å². The van der Waals surface area contributed by atoms with E-state index in [1.807, 2.05) is 23.0 Å². The normalized spacial score (nSPS) is 14.4. The van der Waals surface area contributed by atoms with Crippen LogP contribution in [-0.4, -0.2) is 64.1 Å². The first kappa shape index (κ1) is 30.3. The summed E-state index contributed by atoms with van der Waals surface area (Å²) >= 11 is 0. The Bertz CT molecular complexity index is 1430. The highest BCUT2D eigenvalue weighted by atomic mass is 19.4. The van der Waals surface area contributed by atoms with Crippen LogP contribution in [0.4, 0.5) is 13.2 Å². The lowest BCUT2D eigenvalue weighted by Crippen LogP contribution is -2.38. The quantitative estimate of drug-likeness (QED) is 0.168. The molecule has 12 heteroatoms. The van der Waals surface area contributed by atoms with Gasteiger partial charge >= 0.3 is 6.36 Å². The second-order valence-electron chi connectivity index (χ2n) is 10.2. The second-order valence-corrected chi connectivity index (χ2v) is 10.2. The van der Waals surface area contributed by atoms with Gasteiger partial charge < -0.3 is 18.6 Å². The molecule has 2 aromatic carbocycles. The number of ether oxygens (including phenoxy) is 3. The van der Waals surface area contributed by atoms with E-state index in [0.29, 0.717) is 17.1 Å². The largest absolute Gasteiger partial charge is 0.573 e. The van der Waals surface area contributed by atoms with Crippen LogP contribution >= 0.6 is 0 Å². The lowest BCUT2D eigenvalue weighted by atomic mass is 10.1. The van der Waals surface area contributed by atoms with Gasteiger partial charge in [0.05, 0.1) is 31.6 Å². The highest BCUT2D eigenvalue weighted by Crippen LogP contribution is 2.23. The first-order valence-corrected chi connectivity index (χ1v) is 14.3. The summed E-state index contributed by atoms with van der Waals surface area (Å²) in [7, 11) is 0. The van der Waals surface area contributed by atoms with Crippen molar-refractivity contribution >= 4 is 12.2 Å². The van der Waals surface area contributed by atoms with Crippen molar-refractivity contribution in [1.29, 1.82) is 0 Å². The van der Waals surface area contributed by atoms with Crippen LogP contribution in [0.25, 0.3) is 12.2 Å². The maximum Gasteiger partial charge on any atom is 0.573 e. The number of morpholine rings is 1. The number of alkyl halides is 3. The number of unbranched alkanes of at least 4 members (excludes halogenated alkanes) is 1. The molecular formula is C31H34F3N5O4. The van der Waals surface area contributed by atoms with E-state index in [0.717, 1.165) is 70.8 Å². The molecule has 228 valence electrons. The Labute approximate surface area is 247 Å². The highest BCUT2D eigenvalue weighted by molar-refractivity contribution is 5.66. The molecular weight excluding hydrogens is 563 g/mol. The summed E-state index contributed by atoms with van der Waals surface area (Å²) in [6.45, 7) is 5.61. The van der Waals surface area contributed by atoms with Gasteiger partial charge in [-0.05, 0) is 67.2 Å². The van der Waals surface area contributed by atoms with Crippen LogP contribution in [-0.2, 0) is 30.7 Å². The Morgan fingerprint density at radius 2 is 1.63 bits per heavy atom. The summed E-state index contributed by atoms with van der Waals surface area (Å²) < 4.78 is 59.5. The minimum absolute atomic E-state index is 0.243. The van der Waals surface area contributed by atoms with E-state index in [1.165, 1.54) is 41.8 Å². The van der Waals surface area contributed by atoms with E-state index in [9.17, 15) is 13.2 Å². The molecule has 9 nitrogen and oxygen atoms in total. The molecule has 0 unspecified atom stereocenters. The molecule has 0 radical (unpaired) electrons. The predicted octanol–water partition coefficient (Wildman–Crippen LogP) is 5.81. The van der Waals surface area contributed by atoms with Crippen molar-refractivity contribution < 1.29 is 31.8 Å². The summed E-state index contributed by atoms with van der Waals surface area (Å²) in [6.07, 6.45) is 6.04. The molecule has 0 atom stereocenters. The van der Waals surface area contributed by atoms with Gasteiger partial charge in [-0.15, -0.1) is 18.3 Å². The van der Waals surface area contributed by atoms with Gasteiger partial charge in [-0.2, -0.15) is 0 Å². The molecule has 0 spiro atoms. The highest BCUT2D eigenvalue weighted by Gasteiger charge is 2.30. The van der Waals surface area contributed by atoms with Gasteiger partial charge in [0.25, 0.3) is 0 Å². The van der Waals surface area contributed by atoms with Gasteiger partial charge in [0.15, 0.2) is 0 Å². The monoisotopic (exact) mass is 597 g/mol. The lowest BCUT2D eigenvalue weighted by Gasteiger charge is -2.26. The zero-order valence-electron chi connectivity index (χ0n) is 23.7. The number of halogens is 3. The Kier molecular flexibility index (Phi) is 10.5. The van der Waals surface area contributed by atoms with Gasteiger partial charge in [0.1, 0.15) is 30.1 Å². The number of aromatic nitrogens is 4. The summed E-state index contributed by atoms with van der Waals surface area (Å²) in [4.78, 5) is 6.77. The topological polar surface area (TPSA) is 87.7 Å². The van der Waals surface area contributed by atoms with E-state index < -0.39 is 6.36 Å². The van der Waals surface area contributed by atoms with Crippen LogP contribution in [0.1, 0.15) is 41.2 Å². The third kappa shape index (κ3) is 9.97. The van der Waals surface area contributed by atoms with E-state index >= 15 is 0 Å². The summed E-state index contributed by atoms with van der Waals surface area (Å²) in [5.74, 6) is 0.821. The first-order chi connectivity index (χ1) is 20.9. The van der Waals surface area contributed by atoms with Gasteiger partial charge in [-0.1, -0.05) is 29.5 Å². The second kappa shape index (κ2) is 14.8. The summed E-state index contributed by atoms with van der Waals surface area (Å²) in [5, 5.41) is 8.39. The van der Waals surface area contributed by atoms with E-state index in [4.69, 9.17) is 13.9 Å². The van der Waals surface area contributed by atoms with Crippen molar-refractivity contribution in [3.8, 4) is 11.5 Å². The van der Waals surface area contributed by atoms with Crippen molar-refractivity contribution in [2.24, 2.45) is 0 Å². The number of hydrogen-bond donors (Lipinski definition) is 0. The Morgan fingerprint density at radius 3 is 2.40 bits per heavy atom. The number of nitrogens with zero attached hydrogens (tertiary/aromatic N) is 5. The van der Waals surface area contributed by atoms with Crippen molar-refractivity contribution in [2.45, 2.75) is 45.2 Å². The Hall–Kier alpha value is -4.16. The standard InChI is InChI=1S/C31H34F3N5O4/c32-31(33,34)43-29-12-7-25(8-13-29)9-14-30-36-26(23-42-30)22-41-28-10-5-24(6-11-28)3-1-2-4-27-21-35-37-39(27)16-15-38-17-19-40-20-18-38/h5-14,21,23H,1-4,15-20,22H2. The van der Waals surface area contributed by atoms with Crippen LogP contribution in [0.5, 0.6) is 11.5 Å². The fourth-order valence-corrected chi connectivity index (χ4v) is 4.68. The molecule has 3 heterocycles. The Morgan fingerprint density at radius 1 is 0.884 bits per heavy atom. The number of aryl methyl sites for hydroxylation is 2. The van der Waals surface area contributed by atoms with Crippen molar-refractivity contribution in [2.75, 3.05) is 32.8 Å². The molecule has 5 rings (SSSR count). The smallest absolute Gasteiger partial charge is 0.487 e. The third-order valence-electron chi connectivity index (χ3n) is 6.99. The SMILES string of the molecule is FC(F)(F)Oc1ccc(C=Cc2nc(COc3ccc(CCCCc4cnnn4CCN4CCOCC4)cc3)co2)cc1. The maximum atomic E-state index is 12.3. The maximum absolute atomic E-state index is 12.3. The minimum Gasteiger partial charge on any atom is -0.487 e. The van der Waals surface area contributed by atoms with Crippen LogP contribution < -0.4 is 9.47 Å². The fraction of sp³-hybridized carbons (Fsp3) is 0.387. The molecule has 0 aliphatic carbocycles. The van der Waals surface area contributed by atoms with Crippen LogP contribution in [0, 0.1) is 0 Å². The summed E-state index contributed by atoms with van der Waals surface area (Å²) in [6, 6.07) is 13.6. The molecule has 0 bridgehead atoms. The lowest BCUT2D eigenvalue weighted by molar-refractivity contribution is -0.274. The van der Waals surface area contributed by atoms with Crippen molar-refractivity contribution in [1.82, 2.24) is 24.9 Å². The zero-order chi connectivity index (χ0) is 29.9. The molecule has 4 aromatic rings. The van der Waals surface area contributed by atoms with E-state index in [2.05, 4.69) is 37.1 Å². The molecule has 0 N–H and O–H groups in total. The first-order valence-electron chi connectivity index (χ1n) is 14.3. The average Bonchev–Trinajstić information content (AvgIpc) is 3.66. The zero-order valence-corrected chi connectivity index (χ0v) is 23.7. The van der Waals surface area contributed by atoms with Gasteiger partial charge in [0, 0.05) is 25.7 Å². The predicted molar refractivity (Wildman–Crippen MR) is 153 cm³/mol. The minimum atomic E-state index is -4.72. The number of oxazole rings is 1. The molecule has 1 aliphatic heterocycles. The van der Waals surface area contributed by atoms with Gasteiger partial charge in [0.2, 0.25) is 5.89 Å². The van der Waals surface area contributed by atoms with Crippen LogP contribution in [0.3, 0.4) is 0 Å². The van der Waals surface area contributed by atoms with Crippen LogP contribution in [0.2, 0.25) is 0 Å². The summed E-state index contributed by atoms with van der Waals surface area (Å²) in [5.41, 5.74) is 3.72. The van der Waals surface area contributed by atoms with Crippen molar-refractivity contribution in [3.05, 3.63) is 89.4 Å². The molecule has 1 saturated heterocycles.